The minimum Gasteiger partial charge on any atom is -0.376 e. The lowest BCUT2D eigenvalue weighted by Gasteiger charge is -2.16. The number of amides is 2. The zero-order chi connectivity index (χ0) is 22.0. The SMILES string of the molecule is CC(=O)N1CCc2cc(S(=O)(=O)Nc3ccccc3C(=O)NC[C@@H]3CCCO3)ccc21. The van der Waals surface area contributed by atoms with Gasteiger partial charge in [-0.1, -0.05) is 12.1 Å². The highest BCUT2D eigenvalue weighted by Crippen LogP contribution is 2.31. The topological polar surface area (TPSA) is 105 Å². The van der Waals surface area contributed by atoms with Gasteiger partial charge in [-0.2, -0.15) is 0 Å². The van der Waals surface area contributed by atoms with Crippen molar-refractivity contribution in [3.63, 3.8) is 0 Å². The van der Waals surface area contributed by atoms with Crippen LogP contribution in [0.1, 0.15) is 35.7 Å². The molecule has 2 aromatic carbocycles. The molecule has 0 saturated carbocycles. The zero-order valence-electron chi connectivity index (χ0n) is 17.3. The molecule has 0 unspecified atom stereocenters. The summed E-state index contributed by atoms with van der Waals surface area (Å²) in [7, 11) is -3.92. The van der Waals surface area contributed by atoms with E-state index >= 15 is 0 Å². The zero-order valence-corrected chi connectivity index (χ0v) is 18.1. The number of benzene rings is 2. The van der Waals surface area contributed by atoms with Crippen LogP contribution in [0.15, 0.2) is 47.4 Å². The standard InChI is InChI=1S/C22H25N3O5S/c1-15(26)25-11-10-16-13-18(8-9-21(16)25)31(28,29)24-20-7-3-2-6-19(20)22(27)23-14-17-5-4-12-30-17/h2-3,6-9,13,17,24H,4-5,10-12,14H2,1H3,(H,23,27)/t17-/m0/s1. The van der Waals surface area contributed by atoms with Crippen molar-refractivity contribution in [3.05, 3.63) is 53.6 Å². The molecule has 1 saturated heterocycles. The number of hydrogen-bond donors (Lipinski definition) is 2. The predicted octanol–water partition coefficient (Wildman–Crippen LogP) is 2.31. The largest absolute Gasteiger partial charge is 0.376 e. The molecule has 0 bridgehead atoms. The normalized spacial score (nSPS) is 18.0. The Balaban J connectivity index is 1.52. The van der Waals surface area contributed by atoms with Gasteiger partial charge in [0.1, 0.15) is 0 Å². The van der Waals surface area contributed by atoms with Crippen molar-refractivity contribution in [2.45, 2.75) is 37.2 Å². The van der Waals surface area contributed by atoms with Crippen LogP contribution in [-0.4, -0.2) is 46.0 Å². The molecule has 31 heavy (non-hydrogen) atoms. The van der Waals surface area contributed by atoms with Crippen LogP contribution in [-0.2, 0) is 26.0 Å². The molecule has 0 radical (unpaired) electrons. The average molecular weight is 444 g/mol. The molecule has 8 nitrogen and oxygen atoms in total. The third kappa shape index (κ3) is 4.57. The van der Waals surface area contributed by atoms with Gasteiger partial charge < -0.3 is 15.0 Å². The number of nitrogens with one attached hydrogen (secondary N) is 2. The van der Waals surface area contributed by atoms with E-state index in [9.17, 15) is 18.0 Å². The number of nitrogens with zero attached hydrogens (tertiary/aromatic N) is 1. The maximum absolute atomic E-state index is 13.0. The van der Waals surface area contributed by atoms with Crippen molar-refractivity contribution in [2.75, 3.05) is 29.3 Å². The van der Waals surface area contributed by atoms with E-state index in [1.807, 2.05) is 0 Å². The summed E-state index contributed by atoms with van der Waals surface area (Å²) in [6, 6.07) is 11.2. The van der Waals surface area contributed by atoms with Crippen molar-refractivity contribution < 1.29 is 22.7 Å². The Kier molecular flexibility index (Phi) is 5.97. The lowest BCUT2D eigenvalue weighted by atomic mass is 10.1. The van der Waals surface area contributed by atoms with E-state index in [0.29, 0.717) is 26.1 Å². The van der Waals surface area contributed by atoms with E-state index in [-0.39, 0.29) is 34.1 Å². The van der Waals surface area contributed by atoms with Crippen LogP contribution in [0.5, 0.6) is 0 Å². The number of carbonyl (C=O) groups excluding carboxylic acids is 2. The monoisotopic (exact) mass is 443 g/mol. The molecule has 2 aromatic rings. The molecule has 0 spiro atoms. The van der Waals surface area contributed by atoms with E-state index in [0.717, 1.165) is 24.1 Å². The van der Waals surface area contributed by atoms with E-state index < -0.39 is 10.0 Å². The maximum Gasteiger partial charge on any atom is 0.261 e. The second kappa shape index (κ2) is 8.68. The van der Waals surface area contributed by atoms with Gasteiger partial charge in [0, 0.05) is 32.3 Å². The van der Waals surface area contributed by atoms with Gasteiger partial charge in [0.25, 0.3) is 15.9 Å². The Morgan fingerprint density at radius 1 is 1.19 bits per heavy atom. The van der Waals surface area contributed by atoms with E-state index in [2.05, 4.69) is 10.0 Å². The number of para-hydroxylation sites is 1. The number of rotatable bonds is 6. The minimum absolute atomic E-state index is 0.00575. The van der Waals surface area contributed by atoms with Crippen molar-refractivity contribution in [2.24, 2.45) is 0 Å². The van der Waals surface area contributed by atoms with Crippen LogP contribution in [0.2, 0.25) is 0 Å². The molecule has 1 fully saturated rings. The fraction of sp³-hybridized carbons (Fsp3) is 0.364. The van der Waals surface area contributed by atoms with Gasteiger partial charge in [-0.25, -0.2) is 8.42 Å². The summed E-state index contributed by atoms with van der Waals surface area (Å²) in [6.45, 7) is 3.11. The Bertz CT molecular complexity index is 1110. The van der Waals surface area contributed by atoms with E-state index in [1.165, 1.54) is 13.0 Å². The number of ether oxygens (including phenoxy) is 1. The van der Waals surface area contributed by atoms with Crippen LogP contribution in [0.3, 0.4) is 0 Å². The Labute approximate surface area is 181 Å². The predicted molar refractivity (Wildman–Crippen MR) is 117 cm³/mol. The van der Waals surface area contributed by atoms with Gasteiger partial charge in [0.2, 0.25) is 5.91 Å². The first-order valence-electron chi connectivity index (χ1n) is 10.3. The summed E-state index contributed by atoms with van der Waals surface area (Å²) in [4.78, 5) is 26.1. The fourth-order valence-corrected chi connectivity index (χ4v) is 5.08. The van der Waals surface area contributed by atoms with Crippen LogP contribution in [0.25, 0.3) is 0 Å². The van der Waals surface area contributed by atoms with Crippen molar-refractivity contribution in [3.8, 4) is 0 Å². The fourth-order valence-electron chi connectivity index (χ4n) is 3.95. The quantitative estimate of drug-likeness (QED) is 0.713. The van der Waals surface area contributed by atoms with Crippen LogP contribution >= 0.6 is 0 Å². The number of hydrogen-bond acceptors (Lipinski definition) is 5. The first-order chi connectivity index (χ1) is 14.8. The van der Waals surface area contributed by atoms with E-state index in [4.69, 9.17) is 4.74 Å². The summed E-state index contributed by atoms with van der Waals surface area (Å²) in [5, 5.41) is 2.82. The third-order valence-electron chi connectivity index (χ3n) is 5.57. The van der Waals surface area contributed by atoms with Gasteiger partial charge in [-0.15, -0.1) is 0 Å². The number of sulfonamides is 1. The molecule has 1 atom stereocenters. The second-order valence-electron chi connectivity index (χ2n) is 7.71. The molecule has 0 aromatic heterocycles. The van der Waals surface area contributed by atoms with Crippen LogP contribution in [0, 0.1) is 0 Å². The molecule has 2 amide bonds. The molecule has 2 aliphatic heterocycles. The minimum atomic E-state index is -3.92. The number of fused-ring (bicyclic) bond motifs is 1. The highest BCUT2D eigenvalue weighted by atomic mass is 32.2. The Morgan fingerprint density at radius 2 is 2.00 bits per heavy atom. The van der Waals surface area contributed by atoms with Gasteiger partial charge in [-0.05, 0) is 55.2 Å². The summed E-state index contributed by atoms with van der Waals surface area (Å²) in [6.07, 6.45) is 2.46. The summed E-state index contributed by atoms with van der Waals surface area (Å²) in [5.41, 5.74) is 1.99. The molecule has 2 aliphatic rings. The van der Waals surface area contributed by atoms with Gasteiger partial charge in [-0.3, -0.25) is 14.3 Å². The molecule has 4 rings (SSSR count). The third-order valence-corrected chi connectivity index (χ3v) is 6.93. The molecule has 9 heteroatoms. The number of anilines is 2. The first kappa shape index (κ1) is 21.3. The van der Waals surface area contributed by atoms with E-state index in [1.54, 1.807) is 41.3 Å². The first-order valence-corrected chi connectivity index (χ1v) is 11.8. The van der Waals surface area contributed by atoms with Crippen molar-refractivity contribution >= 4 is 33.2 Å². The smallest absolute Gasteiger partial charge is 0.261 e. The second-order valence-corrected chi connectivity index (χ2v) is 9.39. The summed E-state index contributed by atoms with van der Waals surface area (Å²) in [5.74, 6) is -0.435. The lowest BCUT2D eigenvalue weighted by molar-refractivity contribution is -0.116. The summed E-state index contributed by atoms with van der Waals surface area (Å²) >= 11 is 0. The van der Waals surface area contributed by atoms with Crippen molar-refractivity contribution in [1.82, 2.24) is 5.32 Å². The molecule has 2 heterocycles. The number of carbonyl (C=O) groups is 2. The maximum atomic E-state index is 13.0. The molecule has 0 aliphatic carbocycles. The summed E-state index contributed by atoms with van der Waals surface area (Å²) < 4.78 is 34.1. The Morgan fingerprint density at radius 3 is 2.74 bits per heavy atom. The van der Waals surface area contributed by atoms with Crippen molar-refractivity contribution in [1.29, 1.82) is 0 Å². The average Bonchev–Trinajstić information content (AvgIpc) is 3.41. The molecule has 2 N–H and O–H groups in total. The van der Waals surface area contributed by atoms with Crippen LogP contribution < -0.4 is 14.9 Å². The molecule has 164 valence electrons. The molecular weight excluding hydrogens is 418 g/mol. The highest BCUT2D eigenvalue weighted by Gasteiger charge is 2.26. The highest BCUT2D eigenvalue weighted by molar-refractivity contribution is 7.92. The van der Waals surface area contributed by atoms with Gasteiger partial charge in [0.15, 0.2) is 0 Å². The van der Waals surface area contributed by atoms with Gasteiger partial charge >= 0.3 is 0 Å². The van der Waals surface area contributed by atoms with Crippen LogP contribution in [0.4, 0.5) is 11.4 Å². The van der Waals surface area contributed by atoms with Gasteiger partial charge in [0.05, 0.1) is 22.3 Å². The Hall–Kier alpha value is -2.91. The lowest BCUT2D eigenvalue weighted by Crippen LogP contribution is -2.32. The molecular formula is C22H25N3O5S.